The Morgan fingerprint density at radius 2 is 1.81 bits per heavy atom. The molecule has 0 fully saturated rings. The summed E-state index contributed by atoms with van der Waals surface area (Å²) in [4.78, 5) is 25.7. The molecule has 1 heterocycles. The van der Waals surface area contributed by atoms with Crippen LogP contribution in [0.25, 0.3) is 0 Å². The third-order valence-corrected chi connectivity index (χ3v) is 3.96. The van der Waals surface area contributed by atoms with Crippen LogP contribution < -0.4 is 9.64 Å². The molecule has 21 heavy (non-hydrogen) atoms. The number of Topliss-reactive ketones (excluding diaryl/α,β-unsaturated/α-hetero) is 1. The van der Waals surface area contributed by atoms with Crippen LogP contribution in [0.2, 0.25) is 0 Å². The lowest BCUT2D eigenvalue weighted by atomic mass is 10.1. The number of ether oxygens (including phenoxy) is 1. The number of ketones is 1. The summed E-state index contributed by atoms with van der Waals surface area (Å²) in [5.41, 5.74) is 1.99. The molecule has 0 aliphatic carbocycles. The summed E-state index contributed by atoms with van der Waals surface area (Å²) in [6, 6.07) is 12.7. The first kappa shape index (κ1) is 13.8. The normalized spacial score (nSPS) is 13.5. The zero-order chi connectivity index (χ0) is 15.0. The smallest absolute Gasteiger partial charge is 0.299 e. The molecule has 106 valence electrons. The van der Waals surface area contributed by atoms with E-state index in [1.807, 2.05) is 24.3 Å². The standard InChI is InChI=1S/C16H12BrNO3/c1-21-12-6-7-13-14(8-12)18(16(20)15(13)19)9-10-2-4-11(17)5-3-10/h2-8H,9H2,1H3. The molecule has 0 N–H and O–H groups in total. The SMILES string of the molecule is COc1ccc2c(c1)N(Cc1ccc(Br)cc1)C(=O)C2=O. The number of rotatable bonds is 3. The zero-order valence-corrected chi connectivity index (χ0v) is 12.9. The van der Waals surface area contributed by atoms with Crippen molar-refractivity contribution >= 4 is 33.3 Å². The van der Waals surface area contributed by atoms with Crippen LogP contribution >= 0.6 is 15.9 Å². The van der Waals surface area contributed by atoms with E-state index in [0.29, 0.717) is 23.5 Å². The zero-order valence-electron chi connectivity index (χ0n) is 11.3. The molecular weight excluding hydrogens is 334 g/mol. The van der Waals surface area contributed by atoms with Crippen molar-refractivity contribution in [3.8, 4) is 5.75 Å². The van der Waals surface area contributed by atoms with Gasteiger partial charge in [-0.05, 0) is 29.8 Å². The lowest BCUT2D eigenvalue weighted by Crippen LogP contribution is -2.29. The number of anilines is 1. The average Bonchev–Trinajstić information content (AvgIpc) is 2.74. The van der Waals surface area contributed by atoms with E-state index in [0.717, 1.165) is 10.0 Å². The first-order valence-electron chi connectivity index (χ1n) is 6.39. The molecular formula is C16H12BrNO3. The van der Waals surface area contributed by atoms with Gasteiger partial charge in [0.15, 0.2) is 0 Å². The predicted octanol–water partition coefficient (Wildman–Crippen LogP) is 3.19. The van der Waals surface area contributed by atoms with E-state index in [1.54, 1.807) is 25.3 Å². The molecule has 0 unspecified atom stereocenters. The molecule has 2 aromatic carbocycles. The maximum atomic E-state index is 12.2. The summed E-state index contributed by atoms with van der Waals surface area (Å²) in [7, 11) is 1.55. The minimum atomic E-state index is -0.499. The molecule has 5 heteroatoms. The van der Waals surface area contributed by atoms with Crippen molar-refractivity contribution in [1.82, 2.24) is 0 Å². The van der Waals surface area contributed by atoms with Crippen molar-refractivity contribution < 1.29 is 14.3 Å². The summed E-state index contributed by atoms with van der Waals surface area (Å²) in [5.74, 6) is -0.344. The third kappa shape index (κ3) is 2.45. The van der Waals surface area contributed by atoms with Gasteiger partial charge in [-0.2, -0.15) is 0 Å². The second kappa shape index (κ2) is 5.33. The fourth-order valence-electron chi connectivity index (χ4n) is 2.33. The van der Waals surface area contributed by atoms with Gasteiger partial charge in [0.05, 0.1) is 24.9 Å². The molecule has 1 amide bonds. The highest BCUT2D eigenvalue weighted by Gasteiger charge is 2.35. The number of nitrogens with zero attached hydrogens (tertiary/aromatic N) is 1. The Bertz CT molecular complexity index is 725. The van der Waals surface area contributed by atoms with Crippen LogP contribution in [0.1, 0.15) is 15.9 Å². The minimum absolute atomic E-state index is 0.359. The monoisotopic (exact) mass is 345 g/mol. The van der Waals surface area contributed by atoms with Crippen molar-refractivity contribution in [1.29, 1.82) is 0 Å². The van der Waals surface area contributed by atoms with E-state index < -0.39 is 11.7 Å². The average molecular weight is 346 g/mol. The van der Waals surface area contributed by atoms with E-state index in [9.17, 15) is 9.59 Å². The van der Waals surface area contributed by atoms with Gasteiger partial charge in [-0.3, -0.25) is 9.59 Å². The number of hydrogen-bond donors (Lipinski definition) is 0. The molecule has 0 saturated carbocycles. The summed E-state index contributed by atoms with van der Waals surface area (Å²) in [6.45, 7) is 0.359. The maximum Gasteiger partial charge on any atom is 0.299 e. The molecule has 2 aromatic rings. The first-order valence-corrected chi connectivity index (χ1v) is 7.18. The highest BCUT2D eigenvalue weighted by Crippen LogP contribution is 2.33. The summed E-state index contributed by atoms with van der Waals surface area (Å²) in [5, 5.41) is 0. The highest BCUT2D eigenvalue weighted by molar-refractivity contribution is 9.10. The van der Waals surface area contributed by atoms with Crippen LogP contribution in [0.15, 0.2) is 46.9 Å². The molecule has 4 nitrogen and oxygen atoms in total. The van der Waals surface area contributed by atoms with Gasteiger partial charge >= 0.3 is 0 Å². The summed E-state index contributed by atoms with van der Waals surface area (Å²) in [6.07, 6.45) is 0. The van der Waals surface area contributed by atoms with Gasteiger partial charge in [-0.1, -0.05) is 28.1 Å². The molecule has 0 aromatic heterocycles. The second-order valence-electron chi connectivity index (χ2n) is 4.73. The van der Waals surface area contributed by atoms with Crippen LogP contribution in [0.3, 0.4) is 0 Å². The van der Waals surface area contributed by atoms with Gasteiger partial charge in [0.25, 0.3) is 11.7 Å². The molecule has 0 radical (unpaired) electrons. The fourth-order valence-corrected chi connectivity index (χ4v) is 2.59. The van der Waals surface area contributed by atoms with Crippen molar-refractivity contribution in [2.75, 3.05) is 12.0 Å². The van der Waals surface area contributed by atoms with Gasteiger partial charge in [-0.15, -0.1) is 0 Å². The number of amides is 1. The van der Waals surface area contributed by atoms with Gasteiger partial charge in [0.2, 0.25) is 0 Å². The van der Waals surface area contributed by atoms with Crippen molar-refractivity contribution in [2.45, 2.75) is 6.54 Å². The van der Waals surface area contributed by atoms with Crippen molar-refractivity contribution in [3.63, 3.8) is 0 Å². The van der Waals surface area contributed by atoms with Crippen molar-refractivity contribution in [3.05, 3.63) is 58.1 Å². The Morgan fingerprint density at radius 1 is 1.10 bits per heavy atom. The number of halogens is 1. The van der Waals surface area contributed by atoms with E-state index >= 15 is 0 Å². The number of carbonyl (C=O) groups excluding carboxylic acids is 2. The molecule has 0 atom stereocenters. The summed E-state index contributed by atoms with van der Waals surface area (Å²) < 4.78 is 6.14. The van der Waals surface area contributed by atoms with Crippen LogP contribution in [0, 0.1) is 0 Å². The third-order valence-electron chi connectivity index (χ3n) is 3.43. The van der Waals surface area contributed by atoms with E-state index in [2.05, 4.69) is 15.9 Å². The topological polar surface area (TPSA) is 46.6 Å². The van der Waals surface area contributed by atoms with Gasteiger partial charge in [0, 0.05) is 10.5 Å². The van der Waals surface area contributed by atoms with Crippen LogP contribution in [0.4, 0.5) is 5.69 Å². The van der Waals surface area contributed by atoms with Crippen LogP contribution in [-0.2, 0) is 11.3 Å². The van der Waals surface area contributed by atoms with E-state index in [-0.39, 0.29) is 0 Å². The fraction of sp³-hybridized carbons (Fsp3) is 0.125. The molecule has 0 spiro atoms. The minimum Gasteiger partial charge on any atom is -0.497 e. The number of carbonyl (C=O) groups is 2. The quantitative estimate of drug-likeness (QED) is 0.802. The molecule has 3 rings (SSSR count). The number of methoxy groups -OCH3 is 1. The highest BCUT2D eigenvalue weighted by atomic mass is 79.9. The molecule has 1 aliphatic heterocycles. The van der Waals surface area contributed by atoms with Crippen molar-refractivity contribution in [2.24, 2.45) is 0 Å². The Balaban J connectivity index is 1.98. The maximum absolute atomic E-state index is 12.2. The summed E-state index contributed by atoms with van der Waals surface area (Å²) >= 11 is 3.37. The Hall–Kier alpha value is -2.14. The molecule has 0 bridgehead atoms. The Morgan fingerprint density at radius 3 is 2.48 bits per heavy atom. The number of hydrogen-bond acceptors (Lipinski definition) is 3. The molecule has 0 saturated heterocycles. The Labute approximate surface area is 130 Å². The number of benzene rings is 2. The largest absolute Gasteiger partial charge is 0.497 e. The van der Waals surface area contributed by atoms with Gasteiger partial charge in [0.1, 0.15) is 5.75 Å². The van der Waals surface area contributed by atoms with Crippen LogP contribution in [0.5, 0.6) is 5.75 Å². The lowest BCUT2D eigenvalue weighted by Gasteiger charge is -2.17. The molecule has 1 aliphatic rings. The van der Waals surface area contributed by atoms with Crippen LogP contribution in [-0.4, -0.2) is 18.8 Å². The van der Waals surface area contributed by atoms with Gasteiger partial charge < -0.3 is 9.64 Å². The van der Waals surface area contributed by atoms with E-state index in [1.165, 1.54) is 4.90 Å². The lowest BCUT2D eigenvalue weighted by molar-refractivity contribution is -0.114. The Kier molecular flexibility index (Phi) is 3.51. The van der Waals surface area contributed by atoms with E-state index in [4.69, 9.17) is 4.74 Å². The predicted molar refractivity (Wildman–Crippen MR) is 82.7 cm³/mol. The number of fused-ring (bicyclic) bond motifs is 1. The van der Waals surface area contributed by atoms with Gasteiger partial charge in [-0.25, -0.2) is 0 Å². The first-order chi connectivity index (χ1) is 10.1. The second-order valence-corrected chi connectivity index (χ2v) is 5.65.